The van der Waals surface area contributed by atoms with Crippen LogP contribution in [0.2, 0.25) is 5.02 Å². The average molecular weight is 557 g/mol. The van der Waals surface area contributed by atoms with Crippen LogP contribution in [0.4, 0.5) is 5.69 Å². The second-order valence-electron chi connectivity index (χ2n) is 8.60. The number of esters is 1. The van der Waals surface area contributed by atoms with Crippen molar-refractivity contribution in [3.63, 3.8) is 0 Å². The molecular formula is C26H29ClN6O4S. The van der Waals surface area contributed by atoms with Crippen molar-refractivity contribution in [2.45, 2.75) is 37.9 Å². The molecule has 1 aromatic heterocycles. The maximum Gasteiger partial charge on any atom is 0.305 e. The molecule has 4 rings (SSSR count). The zero-order valence-electron chi connectivity index (χ0n) is 21.5. The van der Waals surface area contributed by atoms with Gasteiger partial charge in [0, 0.05) is 47.0 Å². The van der Waals surface area contributed by atoms with Crippen molar-refractivity contribution in [3.05, 3.63) is 74.6 Å². The highest BCUT2D eigenvalue weighted by Crippen LogP contribution is 2.37. The van der Waals surface area contributed by atoms with Crippen LogP contribution < -0.4 is 0 Å². The molecule has 0 fully saturated rings. The maximum atomic E-state index is 12.0. The highest BCUT2D eigenvalue weighted by molar-refractivity contribution is 7.99. The number of benzene rings is 2. The molecule has 2 heterocycles. The van der Waals surface area contributed by atoms with E-state index in [1.165, 1.54) is 19.2 Å². The van der Waals surface area contributed by atoms with E-state index >= 15 is 0 Å². The Hall–Kier alpha value is -3.28. The number of non-ortho nitro benzene ring substituents is 1. The summed E-state index contributed by atoms with van der Waals surface area (Å²) in [5.74, 6) is 0.973. The number of ether oxygens (including phenoxy) is 1. The molecule has 0 N–H and O–H groups in total. The van der Waals surface area contributed by atoms with Gasteiger partial charge in [0.2, 0.25) is 0 Å². The van der Waals surface area contributed by atoms with Crippen molar-refractivity contribution >= 4 is 40.7 Å². The summed E-state index contributed by atoms with van der Waals surface area (Å²) in [6, 6.07) is 11.3. The third-order valence-electron chi connectivity index (χ3n) is 6.44. The largest absolute Gasteiger partial charge is 0.469 e. The van der Waals surface area contributed by atoms with Gasteiger partial charge >= 0.3 is 5.97 Å². The number of rotatable bonds is 11. The van der Waals surface area contributed by atoms with Crippen molar-refractivity contribution in [1.82, 2.24) is 19.7 Å². The Balaban J connectivity index is 1.88. The number of aromatic nitrogens is 3. The van der Waals surface area contributed by atoms with Crippen LogP contribution >= 0.6 is 23.4 Å². The van der Waals surface area contributed by atoms with E-state index in [0.717, 1.165) is 25.4 Å². The fourth-order valence-corrected chi connectivity index (χ4v) is 5.52. The standard InChI is InChI=1S/C26H29ClN6O4S/c1-4-31(5-2)14-15-38-26-30-29-25-21(11-13-23(34)37-3)28-24(18-8-6-7-9-20(18)27)19-16-17(33(35)36)10-12-22(19)32(25)26/h6-10,12,16,21H,4-5,11,13-15H2,1-3H3/t21-/m0/s1. The lowest BCUT2D eigenvalue weighted by Gasteiger charge is -2.18. The normalized spacial score (nSPS) is 14.4. The van der Waals surface area contributed by atoms with Gasteiger partial charge in [0.1, 0.15) is 6.04 Å². The Morgan fingerprint density at radius 1 is 1.18 bits per heavy atom. The van der Waals surface area contributed by atoms with Gasteiger partial charge in [-0.15, -0.1) is 10.2 Å². The van der Waals surface area contributed by atoms with Gasteiger partial charge in [-0.1, -0.05) is 55.4 Å². The van der Waals surface area contributed by atoms with E-state index in [-0.39, 0.29) is 18.1 Å². The van der Waals surface area contributed by atoms with Gasteiger partial charge < -0.3 is 9.64 Å². The molecule has 12 heteroatoms. The van der Waals surface area contributed by atoms with E-state index in [9.17, 15) is 14.9 Å². The van der Waals surface area contributed by atoms with Crippen LogP contribution in [0.5, 0.6) is 0 Å². The summed E-state index contributed by atoms with van der Waals surface area (Å²) in [5.41, 5.74) is 2.27. The van der Waals surface area contributed by atoms with E-state index in [2.05, 4.69) is 28.9 Å². The number of nitro benzene ring substituents is 1. The summed E-state index contributed by atoms with van der Waals surface area (Å²) >= 11 is 8.15. The Morgan fingerprint density at radius 2 is 1.95 bits per heavy atom. The van der Waals surface area contributed by atoms with E-state index in [4.69, 9.17) is 21.3 Å². The molecule has 0 aliphatic carbocycles. The number of hydrogen-bond acceptors (Lipinski definition) is 9. The lowest BCUT2D eigenvalue weighted by Crippen LogP contribution is -2.25. The SMILES string of the molecule is CCN(CC)CCSc1nnc2n1-c1ccc([N+](=O)[O-])cc1C(c1ccccc1Cl)=N[C@H]2CCC(=O)OC. The van der Waals surface area contributed by atoms with Crippen molar-refractivity contribution in [1.29, 1.82) is 0 Å². The first kappa shape index (κ1) is 27.7. The predicted molar refractivity (Wildman–Crippen MR) is 148 cm³/mol. The Morgan fingerprint density at radius 3 is 2.63 bits per heavy atom. The summed E-state index contributed by atoms with van der Waals surface area (Å²) in [6.07, 6.45) is 0.438. The summed E-state index contributed by atoms with van der Waals surface area (Å²) < 4.78 is 6.77. The minimum absolute atomic E-state index is 0.0677. The Labute approximate surface area is 230 Å². The molecule has 38 heavy (non-hydrogen) atoms. The van der Waals surface area contributed by atoms with E-state index in [1.54, 1.807) is 23.9 Å². The summed E-state index contributed by atoms with van der Waals surface area (Å²) in [7, 11) is 1.34. The van der Waals surface area contributed by atoms with E-state index in [0.29, 0.717) is 45.0 Å². The molecule has 1 aliphatic rings. The molecule has 0 unspecified atom stereocenters. The van der Waals surface area contributed by atoms with Gasteiger partial charge in [-0.3, -0.25) is 24.5 Å². The van der Waals surface area contributed by atoms with Crippen molar-refractivity contribution in [2.24, 2.45) is 4.99 Å². The topological polar surface area (TPSA) is 116 Å². The monoisotopic (exact) mass is 556 g/mol. The molecule has 10 nitrogen and oxygen atoms in total. The van der Waals surface area contributed by atoms with Gasteiger partial charge in [0.05, 0.1) is 23.4 Å². The van der Waals surface area contributed by atoms with E-state index < -0.39 is 11.0 Å². The van der Waals surface area contributed by atoms with Gasteiger partial charge in [-0.25, -0.2) is 0 Å². The number of halogens is 1. The molecule has 0 bridgehead atoms. The number of aliphatic imine (C=N–C) groups is 1. The number of fused-ring (bicyclic) bond motifs is 3. The molecule has 1 atom stereocenters. The first-order chi connectivity index (χ1) is 18.4. The van der Waals surface area contributed by atoms with Crippen LogP contribution in [0.25, 0.3) is 5.69 Å². The zero-order valence-corrected chi connectivity index (χ0v) is 23.0. The summed E-state index contributed by atoms with van der Waals surface area (Å²) in [4.78, 5) is 30.7. The van der Waals surface area contributed by atoms with Crippen molar-refractivity contribution in [2.75, 3.05) is 32.5 Å². The molecule has 0 saturated heterocycles. The third kappa shape index (κ3) is 5.90. The summed E-state index contributed by atoms with van der Waals surface area (Å²) in [6.45, 7) is 7.03. The minimum atomic E-state index is -0.559. The number of nitrogens with zero attached hydrogens (tertiary/aromatic N) is 6. The van der Waals surface area contributed by atoms with Gasteiger partial charge in [-0.2, -0.15) is 0 Å². The molecular weight excluding hydrogens is 528 g/mol. The smallest absolute Gasteiger partial charge is 0.305 e. The third-order valence-corrected chi connectivity index (χ3v) is 7.68. The van der Waals surface area contributed by atoms with Crippen LogP contribution in [-0.4, -0.2) is 68.8 Å². The molecule has 0 radical (unpaired) electrons. The first-order valence-electron chi connectivity index (χ1n) is 12.4. The highest BCUT2D eigenvalue weighted by atomic mass is 35.5. The van der Waals surface area contributed by atoms with Gasteiger partial charge in [0.25, 0.3) is 5.69 Å². The molecule has 0 spiro atoms. The minimum Gasteiger partial charge on any atom is -0.469 e. The molecule has 3 aromatic rings. The Kier molecular flexibility index (Phi) is 9.13. The number of thioether (sulfide) groups is 1. The zero-order chi connectivity index (χ0) is 27.2. The highest BCUT2D eigenvalue weighted by Gasteiger charge is 2.31. The second kappa shape index (κ2) is 12.5. The summed E-state index contributed by atoms with van der Waals surface area (Å²) in [5, 5.41) is 21.8. The fraction of sp³-hybridized carbons (Fsp3) is 0.385. The molecule has 2 aromatic carbocycles. The molecule has 1 aliphatic heterocycles. The van der Waals surface area contributed by atoms with E-state index in [1.807, 2.05) is 22.8 Å². The molecule has 200 valence electrons. The van der Waals surface area contributed by atoms with Crippen molar-refractivity contribution < 1.29 is 14.5 Å². The van der Waals surface area contributed by atoms with Gasteiger partial charge in [-0.05, 0) is 31.6 Å². The number of hydrogen-bond donors (Lipinski definition) is 0. The number of nitro groups is 1. The molecule has 0 saturated carbocycles. The average Bonchev–Trinajstić information content (AvgIpc) is 3.29. The van der Waals surface area contributed by atoms with Crippen LogP contribution in [0.1, 0.15) is 49.7 Å². The number of methoxy groups -OCH3 is 1. The predicted octanol–water partition coefficient (Wildman–Crippen LogP) is 5.11. The number of carbonyl (C=O) groups is 1. The van der Waals surface area contributed by atoms with Gasteiger partial charge in [0.15, 0.2) is 11.0 Å². The maximum absolute atomic E-state index is 12.0. The Bertz CT molecular complexity index is 1360. The lowest BCUT2D eigenvalue weighted by atomic mass is 9.99. The number of carbonyl (C=O) groups excluding carboxylic acids is 1. The first-order valence-corrected chi connectivity index (χ1v) is 13.7. The molecule has 0 amide bonds. The van der Waals surface area contributed by atoms with Crippen LogP contribution in [-0.2, 0) is 9.53 Å². The van der Waals surface area contributed by atoms with Crippen LogP contribution in [0, 0.1) is 10.1 Å². The second-order valence-corrected chi connectivity index (χ2v) is 10.1. The fourth-order valence-electron chi connectivity index (χ4n) is 4.35. The quantitative estimate of drug-likeness (QED) is 0.138. The van der Waals surface area contributed by atoms with Crippen LogP contribution in [0.15, 0.2) is 52.6 Å². The van der Waals surface area contributed by atoms with Crippen LogP contribution in [0.3, 0.4) is 0 Å². The van der Waals surface area contributed by atoms with Crippen molar-refractivity contribution in [3.8, 4) is 5.69 Å². The lowest BCUT2D eigenvalue weighted by molar-refractivity contribution is -0.384.